The fourth-order valence-electron chi connectivity index (χ4n) is 2.03. The van der Waals surface area contributed by atoms with E-state index >= 15 is 0 Å². The predicted octanol–water partition coefficient (Wildman–Crippen LogP) is 2.81. The van der Waals surface area contributed by atoms with Crippen LogP contribution in [0.3, 0.4) is 0 Å². The fraction of sp³-hybridized carbons (Fsp3) is 0.375. The minimum absolute atomic E-state index is 0.00737. The molecule has 1 aromatic carbocycles. The molecule has 1 rings (SSSR count). The molecule has 0 aliphatic rings. The van der Waals surface area contributed by atoms with Crippen LogP contribution >= 0.6 is 0 Å². The molecule has 0 saturated heterocycles. The molecule has 0 saturated carbocycles. The maximum absolute atomic E-state index is 12.2. The number of carboxylic acids is 1. The van der Waals surface area contributed by atoms with Gasteiger partial charge >= 0.3 is 12.0 Å². The Bertz CT molecular complexity index is 474. The number of carboxylic acid groups (broad SMARTS) is 1. The van der Waals surface area contributed by atoms with Gasteiger partial charge in [-0.25, -0.2) is 4.79 Å². The standard InChI is InChI=1S/C16H22N2O3/c1-3-12-18(4-2)16(21)17-14(10-11-15(19)20)13-8-6-5-7-9-13/h3,5-9,14H,1,4,10-12H2,2H3,(H,17,21)(H,19,20). The SMILES string of the molecule is C=CCN(CC)C(=O)NC(CCC(=O)O)c1ccccc1. The quantitative estimate of drug-likeness (QED) is 0.723. The van der Waals surface area contributed by atoms with Crippen LogP contribution in [0.1, 0.15) is 31.4 Å². The summed E-state index contributed by atoms with van der Waals surface area (Å²) in [4.78, 5) is 24.6. The Labute approximate surface area is 125 Å². The van der Waals surface area contributed by atoms with Crippen LogP contribution < -0.4 is 5.32 Å². The number of carbonyl (C=O) groups excluding carboxylic acids is 1. The Kier molecular flexibility index (Phi) is 7.01. The van der Waals surface area contributed by atoms with Crippen LogP contribution in [0, 0.1) is 0 Å². The maximum Gasteiger partial charge on any atom is 0.318 e. The summed E-state index contributed by atoms with van der Waals surface area (Å²) in [5, 5.41) is 11.7. The number of likely N-dealkylation sites (N-methyl/N-ethyl adjacent to an activating group) is 1. The third kappa shape index (κ3) is 5.69. The van der Waals surface area contributed by atoms with Crippen molar-refractivity contribution in [2.45, 2.75) is 25.8 Å². The van der Waals surface area contributed by atoms with Gasteiger partial charge in [-0.1, -0.05) is 36.4 Å². The van der Waals surface area contributed by atoms with Gasteiger partial charge in [-0.15, -0.1) is 6.58 Å². The largest absolute Gasteiger partial charge is 0.481 e. The van der Waals surface area contributed by atoms with Crippen LogP contribution in [0.25, 0.3) is 0 Å². The van der Waals surface area contributed by atoms with Gasteiger partial charge in [-0.05, 0) is 18.9 Å². The minimum Gasteiger partial charge on any atom is -0.481 e. The van der Waals surface area contributed by atoms with Crippen LogP contribution in [0.2, 0.25) is 0 Å². The van der Waals surface area contributed by atoms with E-state index in [4.69, 9.17) is 5.11 Å². The number of urea groups is 1. The number of nitrogens with one attached hydrogen (secondary N) is 1. The van der Waals surface area contributed by atoms with E-state index in [1.807, 2.05) is 37.3 Å². The molecule has 2 N–H and O–H groups in total. The summed E-state index contributed by atoms with van der Waals surface area (Å²) in [6.07, 6.45) is 2.03. The van der Waals surface area contributed by atoms with E-state index < -0.39 is 5.97 Å². The molecule has 0 aliphatic carbocycles. The van der Waals surface area contributed by atoms with Crippen molar-refractivity contribution >= 4 is 12.0 Å². The number of hydrogen-bond donors (Lipinski definition) is 2. The summed E-state index contributed by atoms with van der Waals surface area (Å²) in [5.74, 6) is -0.872. The number of rotatable bonds is 8. The second-order valence-corrected chi connectivity index (χ2v) is 4.67. The van der Waals surface area contributed by atoms with Crippen LogP contribution in [-0.2, 0) is 4.79 Å². The third-order valence-electron chi connectivity index (χ3n) is 3.16. The van der Waals surface area contributed by atoms with Gasteiger partial charge < -0.3 is 15.3 Å². The van der Waals surface area contributed by atoms with E-state index in [2.05, 4.69) is 11.9 Å². The second-order valence-electron chi connectivity index (χ2n) is 4.67. The summed E-state index contributed by atoms with van der Waals surface area (Å²) in [6, 6.07) is 8.88. The first-order valence-corrected chi connectivity index (χ1v) is 7.01. The van der Waals surface area contributed by atoms with Crippen molar-refractivity contribution in [1.29, 1.82) is 0 Å². The lowest BCUT2D eigenvalue weighted by molar-refractivity contribution is -0.137. The molecule has 1 aromatic rings. The van der Waals surface area contributed by atoms with Crippen molar-refractivity contribution < 1.29 is 14.7 Å². The zero-order chi connectivity index (χ0) is 15.7. The molecule has 5 nitrogen and oxygen atoms in total. The molecule has 0 aliphatic heterocycles. The Balaban J connectivity index is 2.79. The summed E-state index contributed by atoms with van der Waals surface area (Å²) in [5.41, 5.74) is 0.904. The molecule has 0 aromatic heterocycles. The number of benzene rings is 1. The highest BCUT2D eigenvalue weighted by atomic mass is 16.4. The Morgan fingerprint density at radius 2 is 2.05 bits per heavy atom. The molecule has 2 amide bonds. The normalized spacial score (nSPS) is 11.5. The topological polar surface area (TPSA) is 69.6 Å². The van der Waals surface area contributed by atoms with Crippen LogP contribution in [-0.4, -0.2) is 35.1 Å². The molecule has 0 fully saturated rings. The van der Waals surface area contributed by atoms with E-state index in [-0.39, 0.29) is 18.5 Å². The van der Waals surface area contributed by atoms with Gasteiger partial charge in [0.1, 0.15) is 0 Å². The van der Waals surface area contributed by atoms with Crippen molar-refractivity contribution in [3.05, 3.63) is 48.6 Å². The number of amides is 2. The van der Waals surface area contributed by atoms with Gasteiger partial charge in [0.25, 0.3) is 0 Å². The number of hydrogen-bond acceptors (Lipinski definition) is 2. The van der Waals surface area contributed by atoms with Crippen LogP contribution in [0.15, 0.2) is 43.0 Å². The van der Waals surface area contributed by atoms with E-state index in [1.165, 1.54) is 0 Å². The van der Waals surface area contributed by atoms with Crippen molar-refractivity contribution in [3.63, 3.8) is 0 Å². The molecule has 0 spiro atoms. The Hall–Kier alpha value is -2.30. The average Bonchev–Trinajstić information content (AvgIpc) is 2.49. The smallest absolute Gasteiger partial charge is 0.318 e. The predicted molar refractivity (Wildman–Crippen MR) is 82.0 cm³/mol. The number of aliphatic carboxylic acids is 1. The van der Waals surface area contributed by atoms with Gasteiger partial charge in [0, 0.05) is 19.5 Å². The zero-order valence-electron chi connectivity index (χ0n) is 12.3. The van der Waals surface area contributed by atoms with E-state index in [0.717, 1.165) is 5.56 Å². The van der Waals surface area contributed by atoms with Crippen LogP contribution in [0.4, 0.5) is 4.79 Å². The highest BCUT2D eigenvalue weighted by molar-refractivity contribution is 5.75. The number of carbonyl (C=O) groups is 2. The summed E-state index contributed by atoms with van der Waals surface area (Å²) in [6.45, 7) is 6.54. The molecule has 21 heavy (non-hydrogen) atoms. The Morgan fingerprint density at radius 3 is 2.57 bits per heavy atom. The van der Waals surface area contributed by atoms with E-state index in [9.17, 15) is 9.59 Å². The Morgan fingerprint density at radius 1 is 1.38 bits per heavy atom. The van der Waals surface area contributed by atoms with Crippen molar-refractivity contribution in [3.8, 4) is 0 Å². The van der Waals surface area contributed by atoms with Gasteiger partial charge in [0.2, 0.25) is 0 Å². The van der Waals surface area contributed by atoms with Crippen molar-refractivity contribution in [1.82, 2.24) is 10.2 Å². The zero-order valence-corrected chi connectivity index (χ0v) is 12.3. The highest BCUT2D eigenvalue weighted by Gasteiger charge is 2.18. The van der Waals surface area contributed by atoms with E-state index in [0.29, 0.717) is 19.5 Å². The van der Waals surface area contributed by atoms with E-state index in [1.54, 1.807) is 11.0 Å². The van der Waals surface area contributed by atoms with Gasteiger partial charge in [0.05, 0.1) is 6.04 Å². The molecule has 5 heteroatoms. The first kappa shape index (κ1) is 16.8. The average molecular weight is 290 g/mol. The lowest BCUT2D eigenvalue weighted by Crippen LogP contribution is -2.41. The fourth-order valence-corrected chi connectivity index (χ4v) is 2.03. The lowest BCUT2D eigenvalue weighted by atomic mass is 10.0. The summed E-state index contributed by atoms with van der Waals surface area (Å²) in [7, 11) is 0. The van der Waals surface area contributed by atoms with Gasteiger partial charge in [-0.3, -0.25) is 4.79 Å². The lowest BCUT2D eigenvalue weighted by Gasteiger charge is -2.25. The molecule has 0 bridgehead atoms. The summed E-state index contributed by atoms with van der Waals surface area (Å²) < 4.78 is 0. The monoisotopic (exact) mass is 290 g/mol. The molecule has 1 atom stereocenters. The molecular formula is C16H22N2O3. The summed E-state index contributed by atoms with van der Waals surface area (Å²) >= 11 is 0. The molecule has 0 radical (unpaired) electrons. The minimum atomic E-state index is -0.872. The molecule has 1 unspecified atom stereocenters. The number of nitrogens with zero attached hydrogens (tertiary/aromatic N) is 1. The van der Waals surface area contributed by atoms with Crippen molar-refractivity contribution in [2.75, 3.05) is 13.1 Å². The first-order chi connectivity index (χ1) is 10.1. The first-order valence-electron chi connectivity index (χ1n) is 7.01. The third-order valence-corrected chi connectivity index (χ3v) is 3.16. The molecule has 0 heterocycles. The maximum atomic E-state index is 12.2. The van der Waals surface area contributed by atoms with Gasteiger partial charge in [0.15, 0.2) is 0 Å². The van der Waals surface area contributed by atoms with Crippen molar-refractivity contribution in [2.24, 2.45) is 0 Å². The second kappa shape index (κ2) is 8.79. The van der Waals surface area contributed by atoms with Crippen LogP contribution in [0.5, 0.6) is 0 Å². The van der Waals surface area contributed by atoms with Gasteiger partial charge in [-0.2, -0.15) is 0 Å². The highest BCUT2D eigenvalue weighted by Crippen LogP contribution is 2.18. The molecule has 114 valence electrons. The molecular weight excluding hydrogens is 268 g/mol.